The predicted octanol–water partition coefficient (Wildman–Crippen LogP) is 1.14. The molecule has 1 aromatic carbocycles. The Bertz CT molecular complexity index is 675. The van der Waals surface area contributed by atoms with Gasteiger partial charge in [-0.1, -0.05) is 30.3 Å². The van der Waals surface area contributed by atoms with E-state index in [1.54, 1.807) is 6.92 Å². The minimum atomic E-state index is -0.906. The van der Waals surface area contributed by atoms with Crippen molar-refractivity contribution in [3.63, 3.8) is 0 Å². The number of hydroxylamine groups is 2. The summed E-state index contributed by atoms with van der Waals surface area (Å²) >= 11 is 0. The molecule has 1 aromatic rings. The third kappa shape index (κ3) is 5.89. The number of esters is 1. The number of nitrogens with zero attached hydrogens (tertiary/aromatic N) is 1. The molecule has 0 aromatic heterocycles. The van der Waals surface area contributed by atoms with Crippen LogP contribution in [0.5, 0.6) is 0 Å². The van der Waals surface area contributed by atoms with Crippen LogP contribution in [0.3, 0.4) is 0 Å². The summed E-state index contributed by atoms with van der Waals surface area (Å²) in [5.74, 6) is -2.38. The molecule has 8 heteroatoms. The third-order valence-corrected chi connectivity index (χ3v) is 4.13. The topological polar surface area (TPSA) is 102 Å². The molecule has 146 valence electrons. The summed E-state index contributed by atoms with van der Waals surface area (Å²) in [6.07, 6.45) is 1.08. The summed E-state index contributed by atoms with van der Waals surface area (Å²) < 4.78 is 5.07. The second-order valence-electron chi connectivity index (χ2n) is 6.21. The first-order valence-electron chi connectivity index (χ1n) is 8.96. The van der Waals surface area contributed by atoms with Crippen LogP contribution in [0.15, 0.2) is 30.3 Å². The van der Waals surface area contributed by atoms with E-state index in [-0.39, 0.29) is 19.4 Å². The van der Waals surface area contributed by atoms with Crippen LogP contribution in [0.4, 0.5) is 0 Å². The van der Waals surface area contributed by atoms with E-state index in [2.05, 4.69) is 5.32 Å². The van der Waals surface area contributed by atoms with E-state index in [1.807, 2.05) is 30.3 Å². The van der Waals surface area contributed by atoms with E-state index >= 15 is 0 Å². The molecular formula is C19H24N2O6. The summed E-state index contributed by atoms with van der Waals surface area (Å²) in [5, 5.41) is 3.37. The monoisotopic (exact) mass is 376 g/mol. The quantitative estimate of drug-likeness (QED) is 0.509. The van der Waals surface area contributed by atoms with E-state index in [0.717, 1.165) is 5.56 Å². The highest BCUT2D eigenvalue weighted by atomic mass is 16.7. The molecule has 2 rings (SSSR count). The van der Waals surface area contributed by atoms with Gasteiger partial charge < -0.3 is 9.57 Å². The Morgan fingerprint density at radius 3 is 2.33 bits per heavy atom. The van der Waals surface area contributed by atoms with Crippen molar-refractivity contribution in [3.05, 3.63) is 35.9 Å². The van der Waals surface area contributed by atoms with Gasteiger partial charge >= 0.3 is 11.9 Å². The number of imide groups is 1. The lowest BCUT2D eigenvalue weighted by atomic mass is 10.0. The first kappa shape index (κ1) is 20.6. The Morgan fingerprint density at radius 2 is 1.74 bits per heavy atom. The number of hydrogen-bond acceptors (Lipinski definition) is 7. The number of carbonyl (C=O) groups excluding carboxylic acids is 4. The van der Waals surface area contributed by atoms with E-state index in [9.17, 15) is 19.2 Å². The fourth-order valence-corrected chi connectivity index (χ4v) is 2.66. The third-order valence-electron chi connectivity index (χ3n) is 4.13. The van der Waals surface area contributed by atoms with E-state index in [0.29, 0.717) is 17.9 Å². The zero-order valence-corrected chi connectivity index (χ0v) is 15.5. The molecule has 0 spiro atoms. The smallest absolute Gasteiger partial charge is 0.349 e. The van der Waals surface area contributed by atoms with Crippen LogP contribution < -0.4 is 5.32 Å². The molecule has 0 bridgehead atoms. The highest BCUT2D eigenvalue weighted by Crippen LogP contribution is 2.13. The van der Waals surface area contributed by atoms with E-state index in [4.69, 9.17) is 9.57 Å². The molecule has 1 N–H and O–H groups in total. The first-order valence-corrected chi connectivity index (χ1v) is 8.96. The van der Waals surface area contributed by atoms with Gasteiger partial charge in [-0.25, -0.2) is 4.79 Å². The molecule has 0 radical (unpaired) electrons. The maximum Gasteiger partial charge on any atom is 0.349 e. The minimum Gasteiger partial charge on any atom is -0.465 e. The second-order valence-corrected chi connectivity index (χ2v) is 6.21. The Kier molecular flexibility index (Phi) is 7.48. The molecule has 8 nitrogen and oxygen atoms in total. The van der Waals surface area contributed by atoms with Gasteiger partial charge in [-0.05, 0) is 32.3 Å². The molecule has 0 aliphatic carbocycles. The van der Waals surface area contributed by atoms with Crippen LogP contribution in [-0.2, 0) is 35.2 Å². The molecule has 27 heavy (non-hydrogen) atoms. The molecule has 1 heterocycles. The van der Waals surface area contributed by atoms with Crippen molar-refractivity contribution in [1.29, 1.82) is 0 Å². The van der Waals surface area contributed by atoms with Gasteiger partial charge in [-0.2, -0.15) is 0 Å². The lowest BCUT2D eigenvalue weighted by Crippen LogP contribution is -2.48. The van der Waals surface area contributed by atoms with Crippen molar-refractivity contribution >= 4 is 23.8 Å². The molecule has 1 saturated heterocycles. The predicted molar refractivity (Wildman–Crippen MR) is 95.0 cm³/mol. The first-order chi connectivity index (χ1) is 12.9. The Hall–Kier alpha value is -2.74. The van der Waals surface area contributed by atoms with Crippen molar-refractivity contribution < 1.29 is 28.8 Å². The molecule has 0 saturated carbocycles. The number of rotatable bonds is 9. The lowest BCUT2D eigenvalue weighted by Gasteiger charge is -2.22. The van der Waals surface area contributed by atoms with Gasteiger partial charge in [-0.3, -0.25) is 19.7 Å². The van der Waals surface area contributed by atoms with Crippen molar-refractivity contribution in [1.82, 2.24) is 10.4 Å². The number of amides is 2. The van der Waals surface area contributed by atoms with E-state index < -0.39 is 35.8 Å². The zero-order chi connectivity index (χ0) is 19.8. The van der Waals surface area contributed by atoms with Crippen LogP contribution in [0.1, 0.15) is 38.7 Å². The Labute approximate surface area is 157 Å². The lowest BCUT2D eigenvalue weighted by molar-refractivity contribution is -0.199. The largest absolute Gasteiger partial charge is 0.465 e. The van der Waals surface area contributed by atoms with Gasteiger partial charge in [0.25, 0.3) is 11.8 Å². The van der Waals surface area contributed by atoms with Gasteiger partial charge in [0.15, 0.2) is 0 Å². The molecular weight excluding hydrogens is 352 g/mol. The molecule has 1 fully saturated rings. The van der Waals surface area contributed by atoms with E-state index in [1.165, 1.54) is 6.92 Å². The van der Waals surface area contributed by atoms with Crippen LogP contribution in [0, 0.1) is 0 Å². The summed E-state index contributed by atoms with van der Waals surface area (Å²) in [6.45, 7) is 3.43. The summed E-state index contributed by atoms with van der Waals surface area (Å²) in [7, 11) is 0. The Balaban J connectivity index is 1.95. The standard InChI is InChI=1S/C19H24N2O6/c1-3-26-19(25)15(10-9-14-7-5-4-6-8-14)20-13(2)18(24)27-21-16(22)11-12-17(21)23/h4-8,13,15,20H,3,9-12H2,1-2H3/t13-,15-/m0/s1. The highest BCUT2D eigenvalue weighted by molar-refractivity contribution is 6.01. The van der Waals surface area contributed by atoms with Crippen molar-refractivity contribution in [2.24, 2.45) is 0 Å². The Morgan fingerprint density at radius 1 is 1.11 bits per heavy atom. The van der Waals surface area contributed by atoms with Crippen molar-refractivity contribution in [3.8, 4) is 0 Å². The summed E-state index contributed by atoms with van der Waals surface area (Å²) in [5.41, 5.74) is 1.05. The second kappa shape index (κ2) is 9.82. The van der Waals surface area contributed by atoms with Crippen molar-refractivity contribution in [2.45, 2.75) is 51.6 Å². The van der Waals surface area contributed by atoms with Gasteiger partial charge in [0, 0.05) is 12.8 Å². The van der Waals surface area contributed by atoms with Crippen LogP contribution in [-0.4, -0.2) is 47.5 Å². The maximum absolute atomic E-state index is 12.2. The number of hydrogen-bond donors (Lipinski definition) is 1. The van der Waals surface area contributed by atoms with Gasteiger partial charge in [-0.15, -0.1) is 5.06 Å². The van der Waals surface area contributed by atoms with Crippen LogP contribution in [0.2, 0.25) is 0 Å². The number of ether oxygens (including phenoxy) is 1. The van der Waals surface area contributed by atoms with Gasteiger partial charge in [0.05, 0.1) is 6.61 Å². The molecule has 2 amide bonds. The van der Waals surface area contributed by atoms with Crippen LogP contribution in [0.25, 0.3) is 0 Å². The number of carbonyl (C=O) groups is 4. The number of nitrogens with one attached hydrogen (secondary N) is 1. The van der Waals surface area contributed by atoms with Crippen molar-refractivity contribution in [2.75, 3.05) is 6.61 Å². The fraction of sp³-hybridized carbons (Fsp3) is 0.474. The molecule has 1 aliphatic rings. The van der Waals surface area contributed by atoms with Gasteiger partial charge in [0.1, 0.15) is 12.1 Å². The highest BCUT2D eigenvalue weighted by Gasteiger charge is 2.35. The zero-order valence-electron chi connectivity index (χ0n) is 15.5. The average Bonchev–Trinajstić information content (AvgIpc) is 2.97. The number of benzene rings is 1. The molecule has 0 unspecified atom stereocenters. The molecule has 2 atom stereocenters. The normalized spacial score (nSPS) is 16.1. The summed E-state index contributed by atoms with van der Waals surface area (Å²) in [6, 6.07) is 7.99. The van der Waals surface area contributed by atoms with Crippen LogP contribution >= 0.6 is 0 Å². The molecule has 1 aliphatic heterocycles. The maximum atomic E-state index is 12.2. The summed E-state index contributed by atoms with van der Waals surface area (Å²) in [4.78, 5) is 52.4. The number of aryl methyl sites for hydroxylation is 1. The fourth-order valence-electron chi connectivity index (χ4n) is 2.66. The van der Waals surface area contributed by atoms with Gasteiger partial charge in [0.2, 0.25) is 0 Å². The average molecular weight is 376 g/mol. The SMILES string of the molecule is CCOC(=O)[C@H](CCc1ccccc1)N[C@@H](C)C(=O)ON1C(=O)CCC1=O. The minimum absolute atomic E-state index is 0.0243.